The predicted molar refractivity (Wildman–Crippen MR) is 105 cm³/mol. The van der Waals surface area contributed by atoms with Crippen LogP contribution in [0.2, 0.25) is 0 Å². The SMILES string of the molecule is Cc1ccc(NC(=O)Cc2ccc(N)cc2)cc1S(=O)(=O)NC1CC1.Cl. The summed E-state index contributed by atoms with van der Waals surface area (Å²) < 4.78 is 27.5. The normalized spacial score (nSPS) is 13.7. The Balaban J connectivity index is 0.00000243. The van der Waals surface area contributed by atoms with Gasteiger partial charge in [0.1, 0.15) is 0 Å². The van der Waals surface area contributed by atoms with Crippen LogP contribution >= 0.6 is 12.4 Å². The summed E-state index contributed by atoms with van der Waals surface area (Å²) in [6.07, 6.45) is 1.93. The standard InChI is InChI=1S/C18H21N3O3S.ClH/c1-12-2-7-16(11-17(12)25(23,24)21-15-8-9-15)20-18(22)10-13-3-5-14(19)6-4-13;/h2-7,11,15,21H,8-10,19H2,1H3,(H,20,22);1H. The van der Waals surface area contributed by atoms with Crippen LogP contribution in [0.25, 0.3) is 0 Å². The van der Waals surface area contributed by atoms with Gasteiger partial charge in [-0.05, 0) is 55.2 Å². The fourth-order valence-electron chi connectivity index (χ4n) is 2.48. The fraction of sp³-hybridized carbons (Fsp3) is 0.278. The fourth-order valence-corrected chi connectivity index (χ4v) is 4.05. The maximum atomic E-state index is 12.4. The molecule has 0 heterocycles. The summed E-state index contributed by atoms with van der Waals surface area (Å²) in [4.78, 5) is 12.4. The minimum Gasteiger partial charge on any atom is -0.399 e. The number of carbonyl (C=O) groups is 1. The number of rotatable bonds is 6. The number of nitrogens with two attached hydrogens (primary N) is 1. The van der Waals surface area contributed by atoms with Crippen molar-refractivity contribution in [2.75, 3.05) is 11.1 Å². The van der Waals surface area contributed by atoms with Gasteiger partial charge < -0.3 is 11.1 Å². The number of sulfonamides is 1. The van der Waals surface area contributed by atoms with Crippen molar-refractivity contribution in [3.8, 4) is 0 Å². The van der Waals surface area contributed by atoms with Crippen molar-refractivity contribution < 1.29 is 13.2 Å². The Morgan fingerprint density at radius 3 is 2.42 bits per heavy atom. The highest BCUT2D eigenvalue weighted by atomic mass is 35.5. The van der Waals surface area contributed by atoms with E-state index in [9.17, 15) is 13.2 Å². The number of nitrogens with one attached hydrogen (secondary N) is 2. The number of hydrogen-bond donors (Lipinski definition) is 3. The Bertz CT molecular complexity index is 894. The summed E-state index contributed by atoms with van der Waals surface area (Å²) in [5, 5.41) is 2.75. The van der Waals surface area contributed by atoms with Crippen molar-refractivity contribution in [3.63, 3.8) is 0 Å². The van der Waals surface area contributed by atoms with E-state index in [2.05, 4.69) is 10.0 Å². The Labute approximate surface area is 159 Å². The van der Waals surface area contributed by atoms with Gasteiger partial charge in [-0.25, -0.2) is 13.1 Å². The molecular formula is C18H22ClN3O3S. The second-order valence-corrected chi connectivity index (χ2v) is 8.02. The molecule has 1 aliphatic rings. The van der Waals surface area contributed by atoms with Crippen LogP contribution in [0.3, 0.4) is 0 Å². The molecule has 0 unspecified atom stereocenters. The topological polar surface area (TPSA) is 101 Å². The van der Waals surface area contributed by atoms with Crippen LogP contribution < -0.4 is 15.8 Å². The highest BCUT2D eigenvalue weighted by molar-refractivity contribution is 7.89. The second-order valence-electron chi connectivity index (χ2n) is 6.34. The second kappa shape index (κ2) is 8.07. The Morgan fingerprint density at radius 1 is 1.15 bits per heavy atom. The van der Waals surface area contributed by atoms with E-state index < -0.39 is 10.0 Å². The van der Waals surface area contributed by atoms with Gasteiger partial charge in [0, 0.05) is 17.4 Å². The van der Waals surface area contributed by atoms with Gasteiger partial charge in [-0.1, -0.05) is 18.2 Å². The highest BCUT2D eigenvalue weighted by Crippen LogP contribution is 2.25. The Hall–Kier alpha value is -2.09. The van der Waals surface area contributed by atoms with Crippen LogP contribution in [0, 0.1) is 6.92 Å². The van der Waals surface area contributed by atoms with Gasteiger partial charge >= 0.3 is 0 Å². The third-order valence-corrected chi connectivity index (χ3v) is 5.67. The molecule has 8 heteroatoms. The number of hydrogen-bond acceptors (Lipinski definition) is 4. The molecule has 26 heavy (non-hydrogen) atoms. The summed E-state index contributed by atoms with van der Waals surface area (Å²) in [5.41, 5.74) is 8.21. The Morgan fingerprint density at radius 2 is 1.81 bits per heavy atom. The summed E-state index contributed by atoms with van der Waals surface area (Å²) in [7, 11) is -3.56. The number of nitrogen functional groups attached to an aromatic ring is 1. The molecule has 2 aromatic carbocycles. The molecule has 140 valence electrons. The molecule has 3 rings (SSSR count). The molecule has 0 aliphatic heterocycles. The van der Waals surface area contributed by atoms with Crippen molar-refractivity contribution in [3.05, 3.63) is 53.6 Å². The molecule has 1 aliphatic carbocycles. The predicted octanol–water partition coefficient (Wildman–Crippen LogP) is 2.62. The van der Waals surface area contributed by atoms with Crippen LogP contribution in [-0.4, -0.2) is 20.4 Å². The monoisotopic (exact) mass is 395 g/mol. The van der Waals surface area contributed by atoms with E-state index in [0.717, 1.165) is 18.4 Å². The summed E-state index contributed by atoms with van der Waals surface area (Å²) in [6.45, 7) is 1.74. The van der Waals surface area contributed by atoms with Crippen molar-refractivity contribution in [2.24, 2.45) is 0 Å². The van der Waals surface area contributed by atoms with Crippen molar-refractivity contribution >= 4 is 39.7 Å². The van der Waals surface area contributed by atoms with Gasteiger partial charge in [-0.15, -0.1) is 12.4 Å². The van der Waals surface area contributed by atoms with Crippen LogP contribution in [-0.2, 0) is 21.2 Å². The van der Waals surface area contributed by atoms with Gasteiger partial charge in [0.2, 0.25) is 15.9 Å². The third kappa shape index (κ3) is 5.20. The number of carbonyl (C=O) groups excluding carboxylic acids is 1. The Kier molecular flexibility index (Phi) is 6.28. The molecular weight excluding hydrogens is 374 g/mol. The van der Waals surface area contributed by atoms with Gasteiger partial charge in [0.05, 0.1) is 11.3 Å². The minimum atomic E-state index is -3.56. The number of halogens is 1. The lowest BCUT2D eigenvalue weighted by Crippen LogP contribution is -2.26. The van der Waals surface area contributed by atoms with Gasteiger partial charge in [-0.2, -0.15) is 0 Å². The van der Waals surface area contributed by atoms with E-state index >= 15 is 0 Å². The van der Waals surface area contributed by atoms with E-state index in [0.29, 0.717) is 16.9 Å². The van der Waals surface area contributed by atoms with E-state index in [1.807, 2.05) is 0 Å². The molecule has 0 bridgehead atoms. The maximum absolute atomic E-state index is 12.4. The summed E-state index contributed by atoms with van der Waals surface area (Å²) in [5.74, 6) is -0.216. The maximum Gasteiger partial charge on any atom is 0.241 e. The zero-order valence-electron chi connectivity index (χ0n) is 14.4. The number of anilines is 2. The zero-order valence-corrected chi connectivity index (χ0v) is 16.0. The van der Waals surface area contributed by atoms with E-state index in [4.69, 9.17) is 5.73 Å². The average Bonchev–Trinajstić information content (AvgIpc) is 3.34. The lowest BCUT2D eigenvalue weighted by molar-refractivity contribution is -0.115. The molecule has 0 spiro atoms. The van der Waals surface area contributed by atoms with Crippen LogP contribution in [0.4, 0.5) is 11.4 Å². The first kappa shape index (κ1) is 20.2. The zero-order chi connectivity index (χ0) is 18.0. The molecule has 0 saturated heterocycles. The lowest BCUT2D eigenvalue weighted by atomic mass is 10.1. The van der Waals surface area contributed by atoms with Gasteiger partial charge in [-0.3, -0.25) is 4.79 Å². The first-order valence-electron chi connectivity index (χ1n) is 8.11. The largest absolute Gasteiger partial charge is 0.399 e. The molecule has 0 atom stereocenters. The molecule has 0 radical (unpaired) electrons. The van der Waals surface area contributed by atoms with E-state index in [-0.39, 0.29) is 35.7 Å². The van der Waals surface area contributed by atoms with Crippen LogP contribution in [0.15, 0.2) is 47.4 Å². The van der Waals surface area contributed by atoms with Crippen molar-refractivity contribution in [1.29, 1.82) is 0 Å². The number of aryl methyl sites for hydroxylation is 1. The van der Waals surface area contributed by atoms with Gasteiger partial charge in [0.15, 0.2) is 0 Å². The van der Waals surface area contributed by atoms with Gasteiger partial charge in [0.25, 0.3) is 0 Å². The molecule has 1 amide bonds. The van der Waals surface area contributed by atoms with E-state index in [1.165, 1.54) is 6.07 Å². The molecule has 1 fully saturated rings. The van der Waals surface area contributed by atoms with Crippen LogP contribution in [0.1, 0.15) is 24.0 Å². The third-order valence-electron chi connectivity index (χ3n) is 4.00. The minimum absolute atomic E-state index is 0. The first-order valence-corrected chi connectivity index (χ1v) is 9.59. The molecule has 0 aromatic heterocycles. The summed E-state index contributed by atoms with van der Waals surface area (Å²) >= 11 is 0. The molecule has 1 saturated carbocycles. The summed E-state index contributed by atoms with van der Waals surface area (Å²) in [6, 6.07) is 12.0. The molecule has 4 N–H and O–H groups in total. The van der Waals surface area contributed by atoms with Crippen molar-refractivity contribution in [2.45, 2.75) is 37.1 Å². The lowest BCUT2D eigenvalue weighted by Gasteiger charge is -2.12. The van der Waals surface area contributed by atoms with E-state index in [1.54, 1.807) is 43.3 Å². The number of amides is 1. The van der Waals surface area contributed by atoms with Crippen LogP contribution in [0.5, 0.6) is 0 Å². The first-order chi connectivity index (χ1) is 11.8. The average molecular weight is 396 g/mol. The van der Waals surface area contributed by atoms with Crippen molar-refractivity contribution in [1.82, 2.24) is 4.72 Å². The quantitative estimate of drug-likeness (QED) is 0.654. The smallest absolute Gasteiger partial charge is 0.241 e. The highest BCUT2D eigenvalue weighted by Gasteiger charge is 2.29. The molecule has 2 aromatic rings. The molecule has 6 nitrogen and oxygen atoms in total. The number of benzene rings is 2.